The van der Waals surface area contributed by atoms with Crippen molar-refractivity contribution in [3.05, 3.63) is 94.6 Å². The van der Waals surface area contributed by atoms with E-state index in [9.17, 15) is 0 Å². The second kappa shape index (κ2) is 22.6. The Morgan fingerprint density at radius 2 is 1.13 bits per heavy atom. The van der Waals surface area contributed by atoms with E-state index in [1.165, 1.54) is 0 Å². The van der Waals surface area contributed by atoms with Gasteiger partial charge in [-0.25, -0.2) is 4.58 Å². The molecule has 11 heteroatoms. The Kier molecular flexibility index (Phi) is 18.4. The maximum absolute atomic E-state index is 9.06. The van der Waals surface area contributed by atoms with E-state index in [-0.39, 0.29) is 52.9 Å². The Hall–Kier alpha value is -2.90. The summed E-state index contributed by atoms with van der Waals surface area (Å²) < 4.78 is 24.2. The van der Waals surface area contributed by atoms with E-state index in [0.29, 0.717) is 57.6 Å². The monoisotopic (exact) mass is 659 g/mol. The third-order valence-electron chi connectivity index (χ3n) is 7.12. The standard InChI is InChI=1S/C35H48ClN2O8/c36-32-3-1-2-31(28-32)35(29-4-8-33(9-5-29)37(12-20-43-24-16-39)13-21-44-25-17-40)30-6-10-34(11-7-30)38(14-22-45-26-18-41)15-23-46-27-19-42/h1-11,28,39-42H,12-27H2/q+1. The van der Waals surface area contributed by atoms with Crippen LogP contribution in [0.15, 0.2) is 78.4 Å². The lowest BCUT2D eigenvalue weighted by atomic mass is 9.90. The Balaban J connectivity index is 1.91. The van der Waals surface area contributed by atoms with Gasteiger partial charge in [0.2, 0.25) is 0 Å². The molecular weight excluding hydrogens is 612 g/mol. The van der Waals surface area contributed by atoms with E-state index in [1.54, 1.807) is 0 Å². The first-order chi connectivity index (χ1) is 22.6. The fourth-order valence-electron chi connectivity index (χ4n) is 4.93. The van der Waals surface area contributed by atoms with E-state index in [0.717, 1.165) is 33.7 Å². The van der Waals surface area contributed by atoms with Gasteiger partial charge in [-0.3, -0.25) is 0 Å². The van der Waals surface area contributed by atoms with Crippen LogP contribution in [-0.2, 0) is 18.9 Å². The number of rotatable bonds is 23. The molecule has 0 atom stereocenters. The summed E-state index contributed by atoms with van der Waals surface area (Å²) in [6, 6.07) is 16.2. The molecule has 1 aliphatic carbocycles. The highest BCUT2D eigenvalue weighted by molar-refractivity contribution is 6.30. The molecule has 0 heterocycles. The fraction of sp³-hybridized carbons (Fsp3) is 0.457. The molecule has 46 heavy (non-hydrogen) atoms. The molecule has 0 unspecified atom stereocenters. The lowest BCUT2D eigenvalue weighted by Crippen LogP contribution is -2.31. The van der Waals surface area contributed by atoms with Crippen LogP contribution in [0.5, 0.6) is 0 Å². The number of aliphatic hydroxyl groups excluding tert-OH is 4. The van der Waals surface area contributed by atoms with Crippen molar-refractivity contribution >= 4 is 28.6 Å². The molecule has 0 amide bonds. The van der Waals surface area contributed by atoms with Crippen molar-refractivity contribution in [2.75, 3.05) is 110 Å². The summed E-state index contributed by atoms with van der Waals surface area (Å²) in [5, 5.41) is 36.9. The minimum atomic E-state index is -0.0203. The van der Waals surface area contributed by atoms with Gasteiger partial charge in [0.25, 0.3) is 0 Å². The van der Waals surface area contributed by atoms with Crippen LogP contribution in [0.1, 0.15) is 11.1 Å². The molecule has 0 saturated heterocycles. The number of anilines is 1. The quantitative estimate of drug-likeness (QED) is 0.105. The summed E-state index contributed by atoms with van der Waals surface area (Å²) in [6.45, 7) is 5.44. The second-order valence-corrected chi connectivity index (χ2v) is 10.7. The van der Waals surface area contributed by atoms with Gasteiger partial charge in [0.05, 0.1) is 66.1 Å². The number of halogens is 1. The number of benzene rings is 2. The highest BCUT2D eigenvalue weighted by atomic mass is 35.5. The molecule has 252 valence electrons. The third kappa shape index (κ3) is 13.1. The zero-order valence-electron chi connectivity index (χ0n) is 26.4. The zero-order chi connectivity index (χ0) is 32.8. The summed E-state index contributed by atoms with van der Waals surface area (Å²) in [5.41, 5.74) is 6.09. The average molecular weight is 660 g/mol. The zero-order valence-corrected chi connectivity index (χ0v) is 27.2. The van der Waals surface area contributed by atoms with Gasteiger partial charge in [0.15, 0.2) is 18.8 Å². The summed E-state index contributed by atoms with van der Waals surface area (Å²) in [7, 11) is 0. The van der Waals surface area contributed by atoms with Crippen molar-refractivity contribution in [3.63, 3.8) is 0 Å². The van der Waals surface area contributed by atoms with Gasteiger partial charge in [0.1, 0.15) is 13.2 Å². The first-order valence-electron chi connectivity index (χ1n) is 15.7. The smallest absolute Gasteiger partial charge is 0.200 e. The molecule has 0 aromatic heterocycles. The maximum Gasteiger partial charge on any atom is 0.200 e. The first-order valence-corrected chi connectivity index (χ1v) is 16.1. The van der Waals surface area contributed by atoms with Gasteiger partial charge >= 0.3 is 0 Å². The lowest BCUT2D eigenvalue weighted by Gasteiger charge is -2.25. The Bertz CT molecular complexity index is 1240. The van der Waals surface area contributed by atoms with Crippen LogP contribution >= 0.6 is 11.6 Å². The van der Waals surface area contributed by atoms with Gasteiger partial charge in [-0.2, -0.15) is 0 Å². The molecule has 0 spiro atoms. The molecule has 0 bridgehead atoms. The Morgan fingerprint density at radius 3 is 1.63 bits per heavy atom. The number of ether oxygens (including phenoxy) is 4. The third-order valence-corrected chi connectivity index (χ3v) is 7.36. The number of hydrogen-bond acceptors (Lipinski definition) is 9. The van der Waals surface area contributed by atoms with Crippen LogP contribution in [0, 0.1) is 0 Å². The Labute approximate surface area is 277 Å². The average Bonchev–Trinajstić information content (AvgIpc) is 3.08. The van der Waals surface area contributed by atoms with E-state index in [2.05, 4.69) is 64.1 Å². The minimum absolute atomic E-state index is 0.0203. The van der Waals surface area contributed by atoms with E-state index < -0.39 is 0 Å². The molecule has 0 fully saturated rings. The van der Waals surface area contributed by atoms with Crippen LogP contribution in [0.2, 0.25) is 5.02 Å². The van der Waals surface area contributed by atoms with Crippen LogP contribution in [0.3, 0.4) is 0 Å². The van der Waals surface area contributed by atoms with Crippen molar-refractivity contribution in [3.8, 4) is 0 Å². The molecule has 3 rings (SSSR count). The van der Waals surface area contributed by atoms with Gasteiger partial charge in [-0.1, -0.05) is 35.9 Å². The molecule has 2 aromatic carbocycles. The van der Waals surface area contributed by atoms with Crippen molar-refractivity contribution < 1.29 is 43.9 Å². The molecular formula is C35H48ClN2O8+. The van der Waals surface area contributed by atoms with E-state index >= 15 is 0 Å². The SMILES string of the molecule is OCCOCCN(CCOCCO)c1ccc(C(=C2C=CC(=[N+](CCOCCO)CCOCCO)C=C2)c2cccc(Cl)c2)cc1. The second-order valence-electron chi connectivity index (χ2n) is 10.3. The van der Waals surface area contributed by atoms with Gasteiger partial charge < -0.3 is 44.3 Å². The molecule has 4 N–H and O–H groups in total. The number of nitrogens with zero attached hydrogens (tertiary/aromatic N) is 2. The summed E-state index contributed by atoms with van der Waals surface area (Å²) in [4.78, 5) is 2.16. The molecule has 0 aliphatic heterocycles. The van der Waals surface area contributed by atoms with Gasteiger partial charge in [-0.05, 0) is 58.7 Å². The first kappa shape index (κ1) is 37.6. The van der Waals surface area contributed by atoms with Crippen molar-refractivity contribution in [2.45, 2.75) is 0 Å². The van der Waals surface area contributed by atoms with Crippen molar-refractivity contribution in [2.24, 2.45) is 0 Å². The predicted molar refractivity (Wildman–Crippen MR) is 181 cm³/mol. The molecule has 10 nitrogen and oxygen atoms in total. The van der Waals surface area contributed by atoms with Crippen LogP contribution in [0.25, 0.3) is 5.57 Å². The summed E-state index contributed by atoms with van der Waals surface area (Å²) in [6.07, 6.45) is 8.34. The van der Waals surface area contributed by atoms with E-state index in [4.69, 9.17) is 51.0 Å². The predicted octanol–water partition coefficient (Wildman–Crippen LogP) is 2.56. The van der Waals surface area contributed by atoms with Gasteiger partial charge in [-0.15, -0.1) is 0 Å². The normalized spacial score (nSPS) is 12.6. The van der Waals surface area contributed by atoms with Crippen LogP contribution in [0.4, 0.5) is 5.69 Å². The number of hydrogen-bond donors (Lipinski definition) is 4. The topological polar surface area (TPSA) is 124 Å². The van der Waals surface area contributed by atoms with E-state index in [1.807, 2.05) is 18.2 Å². The summed E-state index contributed by atoms with van der Waals surface area (Å²) in [5.74, 6) is 0. The van der Waals surface area contributed by atoms with Crippen LogP contribution < -0.4 is 4.90 Å². The molecule has 1 aliphatic rings. The van der Waals surface area contributed by atoms with Crippen LogP contribution in [-0.4, -0.2) is 136 Å². The largest absolute Gasteiger partial charge is 0.394 e. The number of aliphatic hydroxyl groups is 4. The minimum Gasteiger partial charge on any atom is -0.394 e. The summed E-state index contributed by atoms with van der Waals surface area (Å²) >= 11 is 6.44. The maximum atomic E-state index is 9.06. The fourth-order valence-corrected chi connectivity index (χ4v) is 5.12. The highest BCUT2D eigenvalue weighted by Crippen LogP contribution is 2.32. The van der Waals surface area contributed by atoms with Crippen molar-refractivity contribution in [1.82, 2.24) is 0 Å². The molecule has 2 aromatic rings. The van der Waals surface area contributed by atoms with Gasteiger partial charge in [0, 0.05) is 36.0 Å². The molecule has 0 saturated carbocycles. The lowest BCUT2D eigenvalue weighted by molar-refractivity contribution is -0.532. The number of allylic oxidation sites excluding steroid dienone is 5. The van der Waals surface area contributed by atoms with Crippen molar-refractivity contribution in [1.29, 1.82) is 0 Å². The Morgan fingerprint density at radius 1 is 0.609 bits per heavy atom. The molecule has 0 radical (unpaired) electrons. The highest BCUT2D eigenvalue weighted by Gasteiger charge is 2.17.